The van der Waals surface area contributed by atoms with Crippen molar-refractivity contribution >= 4 is 23.7 Å². The van der Waals surface area contributed by atoms with E-state index in [9.17, 15) is 14.7 Å². The first-order valence-electron chi connectivity index (χ1n) is 10.1. The number of carbonyl (C=O) groups is 2. The van der Waals surface area contributed by atoms with Gasteiger partial charge in [0.15, 0.2) is 0 Å². The van der Waals surface area contributed by atoms with E-state index in [2.05, 4.69) is 24.3 Å². The van der Waals surface area contributed by atoms with E-state index in [1.165, 1.54) is 4.90 Å². The predicted octanol–water partition coefficient (Wildman–Crippen LogP) is 5.10. The monoisotopic (exact) mass is 433 g/mol. The van der Waals surface area contributed by atoms with Crippen molar-refractivity contribution in [1.82, 2.24) is 4.90 Å². The van der Waals surface area contributed by atoms with Crippen molar-refractivity contribution in [2.45, 2.75) is 24.9 Å². The van der Waals surface area contributed by atoms with Gasteiger partial charge in [-0.1, -0.05) is 66.2 Å². The Labute approximate surface area is 184 Å². The summed E-state index contributed by atoms with van der Waals surface area (Å²) in [5.74, 6) is -1.13. The third-order valence-corrected chi connectivity index (χ3v) is 6.39. The Morgan fingerprint density at radius 2 is 1.61 bits per heavy atom. The quantitative estimate of drug-likeness (QED) is 0.624. The number of nitrogens with zero attached hydrogens (tertiary/aromatic N) is 1. The molecule has 2 aliphatic rings. The van der Waals surface area contributed by atoms with Crippen molar-refractivity contribution in [3.8, 4) is 11.1 Å². The van der Waals surface area contributed by atoms with E-state index in [1.54, 1.807) is 12.1 Å². The summed E-state index contributed by atoms with van der Waals surface area (Å²) in [6, 6.07) is 20.6. The second-order valence-corrected chi connectivity index (χ2v) is 8.34. The van der Waals surface area contributed by atoms with Crippen molar-refractivity contribution in [2.75, 3.05) is 6.61 Å². The molecule has 1 N–H and O–H groups in total. The third-order valence-electron chi connectivity index (χ3n) is 6.15. The smallest absolute Gasteiger partial charge is 0.410 e. The number of carbonyl (C=O) groups excluding carboxylic acids is 1. The highest BCUT2D eigenvalue weighted by Gasteiger charge is 2.37. The van der Waals surface area contributed by atoms with Gasteiger partial charge in [-0.2, -0.15) is 0 Å². The SMILES string of the molecule is O=C(O)[C@H]1Cc2cc(Cl)ccc2CN1C(=O)OCC1c2ccccc2-c2ccccc21. The molecule has 0 saturated heterocycles. The van der Waals surface area contributed by atoms with Crippen LogP contribution < -0.4 is 0 Å². The Kier molecular flexibility index (Phi) is 4.91. The van der Waals surface area contributed by atoms with E-state index >= 15 is 0 Å². The van der Waals surface area contributed by atoms with Gasteiger partial charge in [0.1, 0.15) is 12.6 Å². The van der Waals surface area contributed by atoms with Gasteiger partial charge in [-0.15, -0.1) is 0 Å². The van der Waals surface area contributed by atoms with Crippen molar-refractivity contribution in [3.63, 3.8) is 0 Å². The van der Waals surface area contributed by atoms with Gasteiger partial charge in [0.05, 0.1) is 6.54 Å². The Hall–Kier alpha value is -3.31. The summed E-state index contributed by atoms with van der Waals surface area (Å²) in [5.41, 5.74) is 6.26. The average molecular weight is 434 g/mol. The first-order chi connectivity index (χ1) is 15.0. The van der Waals surface area contributed by atoms with E-state index < -0.39 is 18.1 Å². The molecule has 1 amide bonds. The molecule has 5 rings (SSSR count). The van der Waals surface area contributed by atoms with E-state index in [0.717, 1.165) is 33.4 Å². The number of aliphatic carboxylic acids is 1. The van der Waals surface area contributed by atoms with Gasteiger partial charge in [-0.3, -0.25) is 4.90 Å². The zero-order valence-electron chi connectivity index (χ0n) is 16.6. The lowest BCUT2D eigenvalue weighted by Crippen LogP contribution is -2.49. The number of benzene rings is 3. The minimum Gasteiger partial charge on any atom is -0.480 e. The molecule has 1 heterocycles. The normalized spacial score (nSPS) is 16.9. The van der Waals surface area contributed by atoms with Crippen molar-refractivity contribution in [2.24, 2.45) is 0 Å². The van der Waals surface area contributed by atoms with Crippen molar-refractivity contribution in [1.29, 1.82) is 0 Å². The summed E-state index contributed by atoms with van der Waals surface area (Å²) in [6.45, 7) is 0.337. The summed E-state index contributed by atoms with van der Waals surface area (Å²) >= 11 is 6.06. The van der Waals surface area contributed by atoms with Crippen LogP contribution in [0.15, 0.2) is 66.7 Å². The van der Waals surface area contributed by atoms with Crippen molar-refractivity contribution < 1.29 is 19.4 Å². The van der Waals surface area contributed by atoms with Gasteiger partial charge in [0.25, 0.3) is 0 Å². The van der Waals surface area contributed by atoms with Gasteiger partial charge < -0.3 is 9.84 Å². The van der Waals surface area contributed by atoms with Crippen LogP contribution in [0.2, 0.25) is 5.02 Å². The lowest BCUT2D eigenvalue weighted by molar-refractivity contribution is -0.143. The van der Waals surface area contributed by atoms with E-state index in [-0.39, 0.29) is 25.5 Å². The van der Waals surface area contributed by atoms with E-state index in [1.807, 2.05) is 30.3 Å². The molecular formula is C25H20ClNO4. The van der Waals surface area contributed by atoms with Crippen LogP contribution in [0.3, 0.4) is 0 Å². The summed E-state index contributed by atoms with van der Waals surface area (Å²) in [6.07, 6.45) is -0.412. The maximum Gasteiger partial charge on any atom is 0.410 e. The van der Waals surface area contributed by atoms with Crippen LogP contribution in [-0.4, -0.2) is 34.7 Å². The van der Waals surface area contributed by atoms with Crippen molar-refractivity contribution in [3.05, 3.63) is 94.0 Å². The molecule has 3 aromatic rings. The average Bonchev–Trinajstić information content (AvgIpc) is 3.10. The molecule has 1 aliphatic heterocycles. The fourth-order valence-electron chi connectivity index (χ4n) is 4.64. The maximum atomic E-state index is 13.0. The van der Waals surface area contributed by atoms with Crippen LogP contribution in [0.1, 0.15) is 28.2 Å². The Morgan fingerprint density at radius 1 is 0.968 bits per heavy atom. The molecule has 0 radical (unpaired) electrons. The number of hydrogen-bond donors (Lipinski definition) is 1. The first kappa shape index (κ1) is 19.6. The maximum absolute atomic E-state index is 13.0. The Bertz CT molecular complexity index is 1150. The first-order valence-corrected chi connectivity index (χ1v) is 10.5. The number of carboxylic acids is 1. The molecule has 0 spiro atoms. The number of carboxylic acid groups (broad SMARTS) is 1. The van der Waals surface area contributed by atoms with Crippen LogP contribution in [-0.2, 0) is 22.5 Å². The molecule has 0 aromatic heterocycles. The van der Waals surface area contributed by atoms with Gasteiger partial charge in [-0.05, 0) is 45.5 Å². The van der Waals surface area contributed by atoms with Crippen LogP contribution in [0.25, 0.3) is 11.1 Å². The van der Waals surface area contributed by atoms with Gasteiger partial charge in [0.2, 0.25) is 0 Å². The molecule has 3 aromatic carbocycles. The van der Waals surface area contributed by atoms with E-state index in [0.29, 0.717) is 5.02 Å². The molecule has 6 heteroatoms. The second kappa shape index (κ2) is 7.75. The second-order valence-electron chi connectivity index (χ2n) is 7.90. The fourth-order valence-corrected chi connectivity index (χ4v) is 4.84. The number of fused-ring (bicyclic) bond motifs is 4. The highest BCUT2D eigenvalue weighted by atomic mass is 35.5. The highest BCUT2D eigenvalue weighted by Crippen LogP contribution is 2.44. The molecule has 0 bridgehead atoms. The molecule has 1 atom stereocenters. The molecule has 0 fully saturated rings. The zero-order valence-corrected chi connectivity index (χ0v) is 17.4. The topological polar surface area (TPSA) is 66.8 Å². The number of amides is 1. The number of rotatable bonds is 3. The molecule has 156 valence electrons. The van der Waals surface area contributed by atoms with Crippen LogP contribution in [0.5, 0.6) is 0 Å². The van der Waals surface area contributed by atoms with Gasteiger partial charge in [0, 0.05) is 17.4 Å². The zero-order chi connectivity index (χ0) is 21.5. The Balaban J connectivity index is 1.38. The standard InChI is InChI=1S/C25H20ClNO4/c26-17-10-9-15-13-27(23(24(28)29)12-16(15)11-17)25(30)31-14-22-20-7-3-1-5-18(20)19-6-2-4-8-21(19)22/h1-11,22-23H,12-14H2,(H,28,29)/t23-/m1/s1. The molecule has 5 nitrogen and oxygen atoms in total. The Morgan fingerprint density at radius 3 is 2.26 bits per heavy atom. The summed E-state index contributed by atoms with van der Waals surface area (Å²) < 4.78 is 5.70. The minimum atomic E-state index is -1.06. The highest BCUT2D eigenvalue weighted by molar-refractivity contribution is 6.30. The molecule has 0 saturated carbocycles. The number of ether oxygens (including phenoxy) is 1. The minimum absolute atomic E-state index is 0.0736. The fraction of sp³-hybridized carbons (Fsp3) is 0.200. The van der Waals surface area contributed by atoms with Crippen LogP contribution >= 0.6 is 11.6 Å². The summed E-state index contributed by atoms with van der Waals surface area (Å²) in [7, 11) is 0. The predicted molar refractivity (Wildman–Crippen MR) is 117 cm³/mol. The molecule has 1 aliphatic carbocycles. The number of halogens is 1. The molecular weight excluding hydrogens is 414 g/mol. The van der Waals surface area contributed by atoms with Gasteiger partial charge >= 0.3 is 12.1 Å². The van der Waals surface area contributed by atoms with Crippen LogP contribution in [0.4, 0.5) is 4.79 Å². The number of hydrogen-bond acceptors (Lipinski definition) is 3. The molecule has 31 heavy (non-hydrogen) atoms. The lowest BCUT2D eigenvalue weighted by atomic mass is 9.94. The molecule has 0 unspecified atom stereocenters. The largest absolute Gasteiger partial charge is 0.480 e. The lowest BCUT2D eigenvalue weighted by Gasteiger charge is -2.34. The van der Waals surface area contributed by atoms with E-state index in [4.69, 9.17) is 16.3 Å². The summed E-state index contributed by atoms with van der Waals surface area (Å²) in [5, 5.41) is 10.3. The summed E-state index contributed by atoms with van der Waals surface area (Å²) in [4.78, 5) is 26.2. The third kappa shape index (κ3) is 3.45. The van der Waals surface area contributed by atoms with Crippen LogP contribution in [0, 0.1) is 0 Å². The van der Waals surface area contributed by atoms with Gasteiger partial charge in [-0.25, -0.2) is 9.59 Å².